The summed E-state index contributed by atoms with van der Waals surface area (Å²) in [5, 5.41) is 1.03. The predicted octanol–water partition coefficient (Wildman–Crippen LogP) is 2.55. The summed E-state index contributed by atoms with van der Waals surface area (Å²) in [4.78, 5) is 3.68. The molecule has 0 radical (unpaired) electrons. The lowest BCUT2D eigenvalue weighted by Crippen LogP contribution is -2.39. The number of ether oxygens (including phenoxy) is 1. The molecular formula is C12H18FNOSi. The molecular weight excluding hydrogens is 221 g/mol. The summed E-state index contributed by atoms with van der Waals surface area (Å²) in [6.45, 7) is 7.20. The van der Waals surface area contributed by atoms with E-state index in [4.69, 9.17) is 4.74 Å². The van der Waals surface area contributed by atoms with Crippen LogP contribution in [0.4, 0.5) is 4.39 Å². The zero-order valence-electron chi connectivity index (χ0n) is 10.1. The van der Waals surface area contributed by atoms with Crippen LogP contribution in [0.2, 0.25) is 19.6 Å². The summed E-state index contributed by atoms with van der Waals surface area (Å²) in [7, 11) is -1.57. The van der Waals surface area contributed by atoms with Gasteiger partial charge < -0.3 is 4.74 Å². The number of aromatic nitrogens is 1. The van der Waals surface area contributed by atoms with Gasteiger partial charge in [-0.1, -0.05) is 19.6 Å². The van der Waals surface area contributed by atoms with Gasteiger partial charge in [0.15, 0.2) is 5.75 Å². The number of pyridine rings is 1. The number of rotatable bonds is 4. The molecule has 2 nitrogen and oxygen atoms in total. The molecule has 0 atom stereocenters. The van der Waals surface area contributed by atoms with E-state index >= 15 is 0 Å². The maximum Gasteiger partial charge on any atom is 0.255 e. The van der Waals surface area contributed by atoms with Crippen molar-refractivity contribution in [2.45, 2.75) is 32.5 Å². The van der Waals surface area contributed by atoms with Crippen molar-refractivity contribution in [1.82, 2.24) is 4.98 Å². The lowest BCUT2D eigenvalue weighted by molar-refractivity contribution is 0.284. The van der Waals surface area contributed by atoms with Crippen LogP contribution in [-0.4, -0.2) is 19.7 Å². The van der Waals surface area contributed by atoms with Crippen LogP contribution in [0.25, 0.3) is 0 Å². The van der Waals surface area contributed by atoms with Crippen molar-refractivity contribution in [3.05, 3.63) is 18.2 Å². The van der Waals surface area contributed by atoms with Crippen LogP contribution >= 0.6 is 0 Å². The van der Waals surface area contributed by atoms with Gasteiger partial charge in [-0.15, -0.1) is 0 Å². The molecule has 4 heteroatoms. The normalized spacial score (nSPS) is 16.2. The number of nitrogens with zero attached hydrogens (tertiary/aromatic N) is 1. The first-order chi connectivity index (χ1) is 7.48. The summed E-state index contributed by atoms with van der Waals surface area (Å²) in [5.41, 5.74) is 0. The Bertz CT molecular complexity index is 385. The second kappa shape index (κ2) is 4.16. The summed E-state index contributed by atoms with van der Waals surface area (Å²) in [6, 6.07) is 1.90. The standard InChI is InChI=1S/C12H18FNOSi/c1-16(2,3)10-6-7-14-12(13)11(10)15-8-9-4-5-9/h6-7,9H,4-5,8H2,1-3H3. The van der Waals surface area contributed by atoms with E-state index in [1.807, 2.05) is 6.07 Å². The Hall–Kier alpha value is -0.903. The highest BCUT2D eigenvalue weighted by atomic mass is 28.3. The van der Waals surface area contributed by atoms with Crippen molar-refractivity contribution in [2.75, 3.05) is 6.61 Å². The quantitative estimate of drug-likeness (QED) is 0.595. The molecule has 0 unspecified atom stereocenters. The molecule has 16 heavy (non-hydrogen) atoms. The highest BCUT2D eigenvalue weighted by Crippen LogP contribution is 2.30. The Morgan fingerprint density at radius 2 is 2.12 bits per heavy atom. The number of hydrogen-bond acceptors (Lipinski definition) is 2. The highest BCUT2D eigenvalue weighted by molar-refractivity contribution is 6.89. The van der Waals surface area contributed by atoms with E-state index in [-0.39, 0.29) is 0 Å². The smallest absolute Gasteiger partial charge is 0.255 e. The first-order valence-electron chi connectivity index (χ1n) is 5.76. The summed E-state index contributed by atoms with van der Waals surface area (Å²) in [6.07, 6.45) is 3.96. The van der Waals surface area contributed by atoms with E-state index < -0.39 is 14.0 Å². The van der Waals surface area contributed by atoms with Crippen molar-refractivity contribution >= 4 is 13.3 Å². The molecule has 0 aromatic carbocycles. The van der Waals surface area contributed by atoms with Crippen LogP contribution in [0.15, 0.2) is 12.3 Å². The van der Waals surface area contributed by atoms with Gasteiger partial charge in [-0.05, 0) is 30.0 Å². The van der Waals surface area contributed by atoms with Gasteiger partial charge in [-0.3, -0.25) is 0 Å². The molecule has 1 aromatic rings. The lowest BCUT2D eigenvalue weighted by atomic mass is 10.4. The molecule has 88 valence electrons. The van der Waals surface area contributed by atoms with Gasteiger partial charge in [-0.25, -0.2) is 4.98 Å². The third-order valence-corrected chi connectivity index (χ3v) is 4.84. The zero-order chi connectivity index (χ0) is 11.8. The fourth-order valence-corrected chi connectivity index (χ4v) is 3.07. The molecule has 1 aliphatic rings. The number of hydrogen-bond donors (Lipinski definition) is 0. The topological polar surface area (TPSA) is 22.1 Å². The molecule has 0 amide bonds. The fourth-order valence-electron chi connectivity index (χ4n) is 1.64. The SMILES string of the molecule is C[Si](C)(C)c1ccnc(F)c1OCC1CC1. The molecule has 1 fully saturated rings. The summed E-state index contributed by atoms with van der Waals surface area (Å²) >= 11 is 0. The molecule has 0 spiro atoms. The van der Waals surface area contributed by atoms with E-state index in [2.05, 4.69) is 24.6 Å². The van der Waals surface area contributed by atoms with Crippen molar-refractivity contribution < 1.29 is 9.13 Å². The molecule has 1 aromatic heterocycles. The third kappa shape index (κ3) is 2.61. The van der Waals surface area contributed by atoms with Crippen molar-refractivity contribution in [3.63, 3.8) is 0 Å². The largest absolute Gasteiger partial charge is 0.489 e. The second-order valence-corrected chi connectivity index (χ2v) is 10.5. The maximum atomic E-state index is 13.6. The van der Waals surface area contributed by atoms with Crippen LogP contribution in [0.1, 0.15) is 12.8 Å². The molecule has 1 saturated carbocycles. The minimum atomic E-state index is -1.57. The Balaban J connectivity index is 2.24. The second-order valence-electron chi connectivity index (χ2n) is 5.48. The highest BCUT2D eigenvalue weighted by Gasteiger charge is 2.27. The van der Waals surface area contributed by atoms with E-state index in [1.54, 1.807) is 0 Å². The average Bonchev–Trinajstić information content (AvgIpc) is 2.97. The van der Waals surface area contributed by atoms with Gasteiger partial charge in [0, 0.05) is 6.20 Å². The average molecular weight is 239 g/mol. The van der Waals surface area contributed by atoms with Gasteiger partial charge in [0.05, 0.1) is 14.7 Å². The van der Waals surface area contributed by atoms with E-state index in [0.29, 0.717) is 18.3 Å². The Kier molecular flexibility index (Phi) is 3.01. The van der Waals surface area contributed by atoms with E-state index in [0.717, 1.165) is 5.19 Å². The maximum absolute atomic E-state index is 13.6. The van der Waals surface area contributed by atoms with E-state index in [1.165, 1.54) is 19.0 Å². The molecule has 0 bridgehead atoms. The van der Waals surface area contributed by atoms with Crippen LogP contribution in [0.5, 0.6) is 5.75 Å². The lowest BCUT2D eigenvalue weighted by Gasteiger charge is -2.20. The zero-order valence-corrected chi connectivity index (χ0v) is 11.1. The monoisotopic (exact) mass is 239 g/mol. The van der Waals surface area contributed by atoms with E-state index in [9.17, 15) is 4.39 Å². The van der Waals surface area contributed by atoms with Crippen LogP contribution in [0.3, 0.4) is 0 Å². The van der Waals surface area contributed by atoms with Gasteiger partial charge in [-0.2, -0.15) is 4.39 Å². The third-order valence-electron chi connectivity index (χ3n) is 2.83. The van der Waals surface area contributed by atoms with Gasteiger partial charge in [0.1, 0.15) is 0 Å². The van der Waals surface area contributed by atoms with Gasteiger partial charge in [0.2, 0.25) is 0 Å². The molecule has 2 rings (SSSR count). The van der Waals surface area contributed by atoms with Gasteiger partial charge >= 0.3 is 0 Å². The van der Waals surface area contributed by atoms with Gasteiger partial charge in [0.25, 0.3) is 5.95 Å². The fraction of sp³-hybridized carbons (Fsp3) is 0.583. The van der Waals surface area contributed by atoms with Crippen LogP contribution < -0.4 is 9.92 Å². The Morgan fingerprint density at radius 1 is 1.44 bits per heavy atom. The molecule has 1 aliphatic carbocycles. The van der Waals surface area contributed by atoms with Crippen molar-refractivity contribution in [2.24, 2.45) is 5.92 Å². The minimum absolute atomic E-state index is 0.397. The molecule has 0 saturated heterocycles. The summed E-state index contributed by atoms with van der Waals surface area (Å²) in [5.74, 6) is 0.572. The first-order valence-corrected chi connectivity index (χ1v) is 9.26. The first kappa shape index (κ1) is 11.6. The molecule has 0 N–H and O–H groups in total. The predicted molar refractivity (Wildman–Crippen MR) is 65.4 cm³/mol. The van der Waals surface area contributed by atoms with Crippen LogP contribution in [-0.2, 0) is 0 Å². The minimum Gasteiger partial charge on any atom is -0.489 e. The van der Waals surface area contributed by atoms with Crippen molar-refractivity contribution in [1.29, 1.82) is 0 Å². The Labute approximate surface area is 96.9 Å². The number of halogens is 1. The summed E-state index contributed by atoms with van der Waals surface area (Å²) < 4.78 is 19.3. The molecule has 0 aliphatic heterocycles. The van der Waals surface area contributed by atoms with Crippen LogP contribution in [0, 0.1) is 11.9 Å². The van der Waals surface area contributed by atoms with Crippen molar-refractivity contribution in [3.8, 4) is 5.75 Å². The molecule has 1 heterocycles. The Morgan fingerprint density at radius 3 is 2.69 bits per heavy atom.